The van der Waals surface area contributed by atoms with E-state index in [0.29, 0.717) is 5.02 Å². The number of halogens is 2. The Hall–Kier alpha value is -1.63. The fraction of sp³-hybridized carbons (Fsp3) is 0.143. The van der Waals surface area contributed by atoms with E-state index in [1.54, 1.807) is 12.1 Å². The zero-order valence-electron chi connectivity index (χ0n) is 10.9. The summed E-state index contributed by atoms with van der Waals surface area (Å²) in [6, 6.07) is 11.7. The van der Waals surface area contributed by atoms with Crippen molar-refractivity contribution in [2.75, 3.05) is 13.2 Å². The summed E-state index contributed by atoms with van der Waals surface area (Å²) < 4.78 is 44.7. The molecule has 0 saturated heterocycles. The topological polar surface area (TPSA) is 55.4 Å². The Bertz CT molecular complexity index is 704. The number of rotatable bonds is 6. The summed E-state index contributed by atoms with van der Waals surface area (Å²) in [7, 11) is -3.62. The largest absolute Gasteiger partial charge is 0.489 e. The van der Waals surface area contributed by atoms with Gasteiger partial charge in [-0.2, -0.15) is 0 Å². The van der Waals surface area contributed by atoms with Crippen LogP contribution in [0.5, 0.6) is 5.75 Å². The van der Waals surface area contributed by atoms with Crippen molar-refractivity contribution in [1.82, 2.24) is 4.72 Å². The van der Waals surface area contributed by atoms with Gasteiger partial charge in [0.25, 0.3) is 0 Å². The van der Waals surface area contributed by atoms with Gasteiger partial charge < -0.3 is 4.74 Å². The van der Waals surface area contributed by atoms with Crippen molar-refractivity contribution in [3.05, 3.63) is 59.4 Å². The summed E-state index contributed by atoms with van der Waals surface area (Å²) in [5.74, 6) is -0.402. The number of hydrogen-bond donors (Lipinski definition) is 1. The fourth-order valence-corrected chi connectivity index (χ4v) is 2.73. The molecule has 112 valence electrons. The van der Waals surface area contributed by atoms with Crippen molar-refractivity contribution in [2.24, 2.45) is 0 Å². The molecule has 0 fully saturated rings. The SMILES string of the molecule is O=S(=O)(NCCOc1ccccc1F)c1ccc(Cl)cc1. The molecule has 0 aliphatic heterocycles. The first-order valence-corrected chi connectivity index (χ1v) is 7.98. The normalized spacial score (nSPS) is 11.3. The predicted molar refractivity (Wildman–Crippen MR) is 78.5 cm³/mol. The van der Waals surface area contributed by atoms with Gasteiger partial charge in [-0.1, -0.05) is 23.7 Å². The molecule has 0 saturated carbocycles. The Kier molecular flexibility index (Phi) is 5.17. The predicted octanol–water partition coefficient (Wildman–Crippen LogP) is 2.84. The summed E-state index contributed by atoms with van der Waals surface area (Å²) in [6.45, 7) is 0.0487. The van der Waals surface area contributed by atoms with E-state index in [0.717, 1.165) is 0 Å². The van der Waals surface area contributed by atoms with Crippen molar-refractivity contribution in [3.63, 3.8) is 0 Å². The van der Waals surface area contributed by atoms with Gasteiger partial charge in [-0.25, -0.2) is 17.5 Å². The minimum Gasteiger partial charge on any atom is -0.489 e. The lowest BCUT2D eigenvalue weighted by molar-refractivity contribution is 0.306. The van der Waals surface area contributed by atoms with Gasteiger partial charge in [0.15, 0.2) is 11.6 Å². The third-order valence-corrected chi connectivity index (χ3v) is 4.34. The maximum absolute atomic E-state index is 13.3. The van der Waals surface area contributed by atoms with Crippen LogP contribution in [0.25, 0.3) is 0 Å². The highest BCUT2D eigenvalue weighted by molar-refractivity contribution is 7.89. The molecule has 0 bridgehead atoms. The van der Waals surface area contributed by atoms with E-state index in [9.17, 15) is 12.8 Å². The highest BCUT2D eigenvalue weighted by atomic mass is 35.5. The average Bonchev–Trinajstić information content (AvgIpc) is 2.46. The van der Waals surface area contributed by atoms with Crippen LogP contribution in [0.4, 0.5) is 4.39 Å². The fourth-order valence-electron chi connectivity index (χ4n) is 1.60. The van der Waals surface area contributed by atoms with Crippen LogP contribution in [0.1, 0.15) is 0 Å². The Morgan fingerprint density at radius 1 is 1.10 bits per heavy atom. The molecule has 0 amide bonds. The Labute approximate surface area is 127 Å². The molecule has 7 heteroatoms. The minimum atomic E-state index is -3.62. The third kappa shape index (κ3) is 4.42. The molecular weight excluding hydrogens is 317 g/mol. The molecule has 0 atom stereocenters. The van der Waals surface area contributed by atoms with E-state index in [4.69, 9.17) is 16.3 Å². The molecular formula is C14H13ClFNO3S. The second kappa shape index (κ2) is 6.89. The van der Waals surface area contributed by atoms with Crippen molar-refractivity contribution < 1.29 is 17.5 Å². The lowest BCUT2D eigenvalue weighted by atomic mass is 10.3. The van der Waals surface area contributed by atoms with Crippen LogP contribution >= 0.6 is 11.6 Å². The highest BCUT2D eigenvalue weighted by Gasteiger charge is 2.13. The molecule has 1 N–H and O–H groups in total. The van der Waals surface area contributed by atoms with Crippen LogP contribution in [0.3, 0.4) is 0 Å². The van der Waals surface area contributed by atoms with Gasteiger partial charge in [-0.05, 0) is 36.4 Å². The van der Waals surface area contributed by atoms with E-state index in [1.165, 1.54) is 36.4 Å². The zero-order chi connectivity index (χ0) is 15.3. The minimum absolute atomic E-state index is 0.0216. The first-order chi connectivity index (χ1) is 9.99. The molecule has 21 heavy (non-hydrogen) atoms. The molecule has 0 heterocycles. The quantitative estimate of drug-likeness (QED) is 0.829. The van der Waals surface area contributed by atoms with Gasteiger partial charge >= 0.3 is 0 Å². The van der Waals surface area contributed by atoms with Gasteiger partial charge in [-0.3, -0.25) is 0 Å². The molecule has 0 aromatic heterocycles. The first kappa shape index (κ1) is 15.8. The van der Waals surface area contributed by atoms with E-state index in [-0.39, 0.29) is 23.8 Å². The molecule has 0 aliphatic carbocycles. The number of nitrogens with one attached hydrogen (secondary N) is 1. The molecule has 2 rings (SSSR count). The van der Waals surface area contributed by atoms with Gasteiger partial charge in [0.1, 0.15) is 6.61 Å². The molecule has 2 aromatic carbocycles. The van der Waals surface area contributed by atoms with Crippen LogP contribution in [0, 0.1) is 5.82 Å². The highest BCUT2D eigenvalue weighted by Crippen LogP contribution is 2.15. The van der Waals surface area contributed by atoms with Crippen molar-refractivity contribution in [2.45, 2.75) is 4.90 Å². The number of para-hydroxylation sites is 1. The maximum Gasteiger partial charge on any atom is 0.240 e. The van der Waals surface area contributed by atoms with Gasteiger partial charge in [0, 0.05) is 11.6 Å². The van der Waals surface area contributed by atoms with E-state index in [1.807, 2.05) is 0 Å². The van der Waals surface area contributed by atoms with Crippen LogP contribution in [0.2, 0.25) is 5.02 Å². The third-order valence-electron chi connectivity index (χ3n) is 2.61. The van der Waals surface area contributed by atoms with Crippen molar-refractivity contribution in [3.8, 4) is 5.75 Å². The zero-order valence-corrected chi connectivity index (χ0v) is 12.5. The Morgan fingerprint density at radius 2 is 1.76 bits per heavy atom. The smallest absolute Gasteiger partial charge is 0.240 e. The maximum atomic E-state index is 13.3. The molecule has 2 aromatic rings. The second-order valence-electron chi connectivity index (χ2n) is 4.13. The van der Waals surface area contributed by atoms with E-state index in [2.05, 4.69) is 4.72 Å². The van der Waals surface area contributed by atoms with E-state index < -0.39 is 15.8 Å². The van der Waals surface area contributed by atoms with Crippen LogP contribution in [-0.4, -0.2) is 21.6 Å². The summed E-state index contributed by atoms with van der Waals surface area (Å²) in [4.78, 5) is 0.109. The van der Waals surface area contributed by atoms with Crippen LogP contribution < -0.4 is 9.46 Å². The van der Waals surface area contributed by atoms with Crippen molar-refractivity contribution in [1.29, 1.82) is 0 Å². The summed E-state index contributed by atoms with van der Waals surface area (Å²) in [6.07, 6.45) is 0. The lowest BCUT2D eigenvalue weighted by Crippen LogP contribution is -2.28. The van der Waals surface area contributed by atoms with Gasteiger partial charge in [0.2, 0.25) is 10.0 Å². The number of ether oxygens (including phenoxy) is 1. The van der Waals surface area contributed by atoms with Gasteiger partial charge in [0.05, 0.1) is 4.90 Å². The van der Waals surface area contributed by atoms with Crippen LogP contribution in [0.15, 0.2) is 53.4 Å². The van der Waals surface area contributed by atoms with Gasteiger partial charge in [-0.15, -0.1) is 0 Å². The Morgan fingerprint density at radius 3 is 2.43 bits per heavy atom. The monoisotopic (exact) mass is 329 g/mol. The lowest BCUT2D eigenvalue weighted by Gasteiger charge is -2.09. The summed E-state index contributed by atoms with van der Waals surface area (Å²) in [5, 5.41) is 0.455. The Balaban J connectivity index is 1.88. The van der Waals surface area contributed by atoms with E-state index >= 15 is 0 Å². The number of hydrogen-bond acceptors (Lipinski definition) is 3. The molecule has 0 radical (unpaired) electrons. The summed E-state index contributed by atoms with van der Waals surface area (Å²) in [5.41, 5.74) is 0. The van der Waals surface area contributed by atoms with Crippen molar-refractivity contribution >= 4 is 21.6 Å². The second-order valence-corrected chi connectivity index (χ2v) is 6.33. The molecule has 0 unspecified atom stereocenters. The van der Waals surface area contributed by atoms with Crippen LogP contribution in [-0.2, 0) is 10.0 Å². The molecule has 4 nitrogen and oxygen atoms in total. The number of sulfonamides is 1. The first-order valence-electron chi connectivity index (χ1n) is 6.11. The standard InChI is InChI=1S/C14H13ClFNO3S/c15-11-5-7-12(8-6-11)21(18,19)17-9-10-20-14-4-2-1-3-13(14)16/h1-8,17H,9-10H2. The number of benzene rings is 2. The molecule has 0 spiro atoms. The average molecular weight is 330 g/mol. The summed E-state index contributed by atoms with van der Waals surface area (Å²) >= 11 is 5.70. The molecule has 0 aliphatic rings.